The Bertz CT molecular complexity index is 1070. The van der Waals surface area contributed by atoms with E-state index in [2.05, 4.69) is 32.5 Å². The van der Waals surface area contributed by atoms with Gasteiger partial charge in [-0.1, -0.05) is 30.3 Å². The van der Waals surface area contributed by atoms with Crippen molar-refractivity contribution in [2.75, 3.05) is 49.6 Å². The number of rotatable bonds is 9. The van der Waals surface area contributed by atoms with Gasteiger partial charge in [-0.25, -0.2) is 0 Å². The van der Waals surface area contributed by atoms with E-state index < -0.39 is 0 Å². The third-order valence-corrected chi connectivity index (χ3v) is 5.65. The molecule has 1 aliphatic rings. The number of nitrogens with one attached hydrogen (secondary N) is 1. The summed E-state index contributed by atoms with van der Waals surface area (Å²) < 4.78 is 11.3. The van der Waals surface area contributed by atoms with E-state index in [1.54, 1.807) is 18.2 Å². The van der Waals surface area contributed by atoms with Gasteiger partial charge in [0.15, 0.2) is 17.3 Å². The van der Waals surface area contributed by atoms with Crippen LogP contribution < -0.4 is 19.7 Å². The molecular weight excluding hydrogens is 430 g/mol. The molecule has 0 spiro atoms. The van der Waals surface area contributed by atoms with Crippen LogP contribution in [0.3, 0.4) is 0 Å². The van der Waals surface area contributed by atoms with Crippen LogP contribution >= 0.6 is 0 Å². The lowest BCUT2D eigenvalue weighted by Gasteiger charge is -2.35. The van der Waals surface area contributed by atoms with Gasteiger partial charge in [-0.2, -0.15) is 0 Å². The lowest BCUT2D eigenvalue weighted by molar-refractivity contribution is 0.0746. The molecule has 1 saturated heterocycles. The maximum atomic E-state index is 13.1. The molecule has 0 radical (unpaired) electrons. The average Bonchev–Trinajstić information content (AvgIpc) is 2.89. The van der Waals surface area contributed by atoms with Gasteiger partial charge in [0.2, 0.25) is 0 Å². The molecule has 2 heterocycles. The number of hydrogen-bond donors (Lipinski definition) is 1. The van der Waals surface area contributed by atoms with Crippen LogP contribution in [0.2, 0.25) is 0 Å². The molecule has 1 amide bonds. The van der Waals surface area contributed by atoms with Gasteiger partial charge >= 0.3 is 0 Å². The number of hydrogen-bond acceptors (Lipinski definition) is 7. The van der Waals surface area contributed by atoms with Gasteiger partial charge in [-0.3, -0.25) is 4.79 Å². The number of anilines is 2. The molecule has 4 rings (SSSR count). The van der Waals surface area contributed by atoms with Crippen LogP contribution in [0.25, 0.3) is 0 Å². The Labute approximate surface area is 200 Å². The van der Waals surface area contributed by atoms with Crippen molar-refractivity contribution >= 4 is 17.5 Å². The first-order valence-corrected chi connectivity index (χ1v) is 11.7. The number of benzene rings is 2. The summed E-state index contributed by atoms with van der Waals surface area (Å²) in [7, 11) is 0. The average molecular weight is 462 g/mol. The summed E-state index contributed by atoms with van der Waals surface area (Å²) in [4.78, 5) is 17.1. The lowest BCUT2D eigenvalue weighted by atomic mass is 10.1. The van der Waals surface area contributed by atoms with Gasteiger partial charge < -0.3 is 24.6 Å². The van der Waals surface area contributed by atoms with E-state index in [-0.39, 0.29) is 5.91 Å². The predicted octanol–water partition coefficient (Wildman–Crippen LogP) is 3.85. The zero-order chi connectivity index (χ0) is 23.8. The smallest absolute Gasteiger partial charge is 0.254 e. The fraction of sp³-hybridized carbons (Fsp3) is 0.346. The van der Waals surface area contributed by atoms with E-state index in [1.165, 1.54) is 5.56 Å². The number of carbonyl (C=O) groups is 1. The topological polar surface area (TPSA) is 79.8 Å². The van der Waals surface area contributed by atoms with Crippen LogP contribution in [0.15, 0.2) is 60.7 Å². The number of aromatic nitrogens is 2. The summed E-state index contributed by atoms with van der Waals surface area (Å²) in [6, 6.07) is 19.5. The van der Waals surface area contributed by atoms with Crippen LogP contribution in [0, 0.1) is 0 Å². The number of ether oxygens (including phenoxy) is 2. The molecule has 8 nitrogen and oxygen atoms in total. The molecule has 1 fully saturated rings. The van der Waals surface area contributed by atoms with Crippen LogP contribution in [-0.2, 0) is 6.54 Å². The SMILES string of the molecule is CCOc1ccc(C(=O)N2CCN(c3ccc(NCc4ccccc4)nn3)CC2)cc1OCC. The van der Waals surface area contributed by atoms with Crippen LogP contribution in [0.5, 0.6) is 11.5 Å². The van der Waals surface area contributed by atoms with Crippen molar-refractivity contribution < 1.29 is 14.3 Å². The molecule has 34 heavy (non-hydrogen) atoms. The summed E-state index contributed by atoms with van der Waals surface area (Å²) >= 11 is 0. The Hall–Kier alpha value is -3.81. The molecule has 0 unspecified atom stereocenters. The van der Waals surface area contributed by atoms with Gasteiger partial charge in [0.25, 0.3) is 5.91 Å². The zero-order valence-electron chi connectivity index (χ0n) is 19.7. The zero-order valence-corrected chi connectivity index (χ0v) is 19.7. The highest BCUT2D eigenvalue weighted by Gasteiger charge is 2.24. The van der Waals surface area contributed by atoms with E-state index in [0.29, 0.717) is 63.0 Å². The van der Waals surface area contributed by atoms with Gasteiger partial charge in [0, 0.05) is 38.3 Å². The second-order valence-corrected chi connectivity index (χ2v) is 7.92. The fourth-order valence-corrected chi connectivity index (χ4v) is 3.88. The molecule has 2 aromatic carbocycles. The second-order valence-electron chi connectivity index (χ2n) is 7.92. The molecule has 0 aliphatic carbocycles. The number of piperazine rings is 1. The first-order chi connectivity index (χ1) is 16.7. The van der Waals surface area contributed by atoms with E-state index in [0.717, 1.165) is 11.6 Å². The van der Waals surface area contributed by atoms with Crippen molar-refractivity contribution in [1.82, 2.24) is 15.1 Å². The van der Waals surface area contributed by atoms with Crippen LogP contribution in [0.4, 0.5) is 11.6 Å². The number of carbonyl (C=O) groups excluding carboxylic acids is 1. The molecule has 0 saturated carbocycles. The summed E-state index contributed by atoms with van der Waals surface area (Å²) in [5.41, 5.74) is 1.80. The monoisotopic (exact) mass is 461 g/mol. The minimum absolute atomic E-state index is 0.00445. The highest BCUT2D eigenvalue weighted by molar-refractivity contribution is 5.95. The molecule has 1 aliphatic heterocycles. The first kappa shape index (κ1) is 23.4. The largest absolute Gasteiger partial charge is 0.490 e. The van der Waals surface area contributed by atoms with Gasteiger partial charge in [0.1, 0.15) is 5.82 Å². The summed E-state index contributed by atoms with van der Waals surface area (Å²) in [6.07, 6.45) is 0. The highest BCUT2D eigenvalue weighted by Crippen LogP contribution is 2.29. The molecule has 1 aromatic heterocycles. The normalized spacial score (nSPS) is 13.5. The third-order valence-electron chi connectivity index (χ3n) is 5.65. The van der Waals surface area contributed by atoms with Gasteiger partial charge in [0.05, 0.1) is 13.2 Å². The van der Waals surface area contributed by atoms with Crippen molar-refractivity contribution in [3.05, 3.63) is 71.8 Å². The summed E-state index contributed by atoms with van der Waals surface area (Å²) in [5, 5.41) is 12.0. The van der Waals surface area contributed by atoms with Crippen LogP contribution in [0.1, 0.15) is 29.8 Å². The predicted molar refractivity (Wildman–Crippen MR) is 133 cm³/mol. The van der Waals surface area contributed by atoms with Crippen molar-refractivity contribution in [2.45, 2.75) is 20.4 Å². The van der Waals surface area contributed by atoms with Gasteiger partial charge in [-0.05, 0) is 49.7 Å². The Morgan fingerprint density at radius 1 is 0.882 bits per heavy atom. The van der Waals surface area contributed by atoms with Crippen LogP contribution in [-0.4, -0.2) is 60.4 Å². The molecule has 0 bridgehead atoms. The van der Waals surface area contributed by atoms with Crippen molar-refractivity contribution in [1.29, 1.82) is 0 Å². The Balaban J connectivity index is 1.32. The van der Waals surface area contributed by atoms with E-state index in [4.69, 9.17) is 9.47 Å². The highest BCUT2D eigenvalue weighted by atomic mass is 16.5. The molecule has 178 valence electrons. The minimum atomic E-state index is -0.00445. The maximum Gasteiger partial charge on any atom is 0.254 e. The minimum Gasteiger partial charge on any atom is -0.490 e. The first-order valence-electron chi connectivity index (χ1n) is 11.7. The molecule has 0 atom stereocenters. The van der Waals surface area contributed by atoms with E-state index >= 15 is 0 Å². The number of nitrogens with zero attached hydrogens (tertiary/aromatic N) is 4. The third kappa shape index (κ3) is 5.75. The molecule has 3 aromatic rings. The molecular formula is C26H31N5O3. The Morgan fingerprint density at radius 2 is 1.62 bits per heavy atom. The van der Waals surface area contributed by atoms with E-state index in [9.17, 15) is 4.79 Å². The standard InChI is InChI=1S/C26H31N5O3/c1-3-33-22-11-10-21(18-23(22)34-4-2)26(32)31-16-14-30(15-17-31)25-13-12-24(28-29-25)27-19-20-8-6-5-7-9-20/h5-13,18H,3-4,14-17,19H2,1-2H3,(H,27,28). The van der Waals surface area contributed by atoms with Gasteiger partial charge in [-0.15, -0.1) is 10.2 Å². The summed E-state index contributed by atoms with van der Waals surface area (Å²) in [5.74, 6) is 2.81. The Morgan fingerprint density at radius 3 is 2.29 bits per heavy atom. The maximum absolute atomic E-state index is 13.1. The van der Waals surface area contributed by atoms with Crippen molar-refractivity contribution in [3.63, 3.8) is 0 Å². The summed E-state index contributed by atoms with van der Waals surface area (Å²) in [6.45, 7) is 8.23. The number of amides is 1. The fourth-order valence-electron chi connectivity index (χ4n) is 3.88. The van der Waals surface area contributed by atoms with E-state index in [1.807, 2.05) is 49.1 Å². The van der Waals surface area contributed by atoms with Crippen molar-refractivity contribution in [2.24, 2.45) is 0 Å². The lowest BCUT2D eigenvalue weighted by Crippen LogP contribution is -2.49. The quantitative estimate of drug-likeness (QED) is 0.518. The Kier molecular flexibility index (Phi) is 7.80. The van der Waals surface area contributed by atoms with Crippen molar-refractivity contribution in [3.8, 4) is 11.5 Å². The second kappa shape index (κ2) is 11.4. The molecule has 8 heteroatoms. The molecule has 1 N–H and O–H groups in total.